The molecule has 0 amide bonds. The summed E-state index contributed by atoms with van der Waals surface area (Å²) in [6.07, 6.45) is 7.03. The van der Waals surface area contributed by atoms with Crippen molar-refractivity contribution in [2.75, 3.05) is 12.8 Å². The summed E-state index contributed by atoms with van der Waals surface area (Å²) in [5, 5.41) is 0.898. The summed E-state index contributed by atoms with van der Waals surface area (Å²) in [5.74, 6) is -0.377. The first-order valence-electron chi connectivity index (χ1n) is 7.00. The van der Waals surface area contributed by atoms with Gasteiger partial charge in [0.25, 0.3) is 0 Å². The minimum atomic E-state index is -0.377. The number of thiophene rings is 1. The van der Waals surface area contributed by atoms with Crippen molar-refractivity contribution in [2.24, 2.45) is 0 Å². The lowest BCUT2D eigenvalue weighted by Crippen LogP contribution is -2.03. The number of hydrogen-bond acceptors (Lipinski definition) is 5. The third-order valence-corrected chi connectivity index (χ3v) is 4.97. The van der Waals surface area contributed by atoms with E-state index in [9.17, 15) is 4.79 Å². The van der Waals surface area contributed by atoms with E-state index in [1.54, 1.807) is 0 Å². The lowest BCUT2D eigenvalue weighted by molar-refractivity contribution is 0.0607. The van der Waals surface area contributed by atoms with E-state index >= 15 is 0 Å². The van der Waals surface area contributed by atoms with Gasteiger partial charge in [-0.05, 0) is 37.3 Å². The molecule has 0 aromatic carbocycles. The van der Waals surface area contributed by atoms with Crippen LogP contribution in [0.3, 0.4) is 0 Å². The molecule has 0 bridgehead atoms. The van der Waals surface area contributed by atoms with Crippen molar-refractivity contribution in [1.29, 1.82) is 0 Å². The fourth-order valence-electron chi connectivity index (χ4n) is 2.76. The molecule has 4 nitrogen and oxygen atoms in total. The summed E-state index contributed by atoms with van der Waals surface area (Å²) in [6.45, 7) is 0. The number of nitrogen functional groups attached to an aromatic ring is 1. The zero-order valence-electron chi connectivity index (χ0n) is 11.6. The predicted octanol–water partition coefficient (Wildman–Crippen LogP) is 3.32. The maximum Gasteiger partial charge on any atom is 0.350 e. The number of pyridine rings is 1. The fourth-order valence-corrected chi connectivity index (χ4v) is 3.77. The average molecular weight is 290 g/mol. The molecule has 0 unspecified atom stereocenters. The summed E-state index contributed by atoms with van der Waals surface area (Å²) >= 11 is 1.33. The number of aromatic nitrogens is 1. The second-order valence-corrected chi connectivity index (χ2v) is 6.20. The summed E-state index contributed by atoms with van der Waals surface area (Å²) in [4.78, 5) is 17.8. The number of hydrogen-bond donors (Lipinski definition) is 1. The summed E-state index contributed by atoms with van der Waals surface area (Å²) in [7, 11) is 1.37. The Bertz CT molecular complexity index is 663. The van der Waals surface area contributed by atoms with Gasteiger partial charge in [-0.15, -0.1) is 11.3 Å². The second-order valence-electron chi connectivity index (χ2n) is 5.20. The highest BCUT2D eigenvalue weighted by atomic mass is 32.1. The van der Waals surface area contributed by atoms with E-state index in [4.69, 9.17) is 15.5 Å². The van der Waals surface area contributed by atoms with Gasteiger partial charge in [-0.2, -0.15) is 0 Å². The molecule has 5 heteroatoms. The van der Waals surface area contributed by atoms with Crippen LogP contribution in [0, 0.1) is 0 Å². The molecule has 2 heterocycles. The summed E-state index contributed by atoms with van der Waals surface area (Å²) in [6, 6.07) is 2.13. The van der Waals surface area contributed by atoms with Crippen LogP contribution < -0.4 is 5.73 Å². The molecule has 106 valence electrons. The molecule has 2 N–H and O–H groups in total. The van der Waals surface area contributed by atoms with Gasteiger partial charge in [0.2, 0.25) is 0 Å². The van der Waals surface area contributed by atoms with Crippen LogP contribution >= 0.6 is 11.3 Å². The Labute approximate surface area is 122 Å². The van der Waals surface area contributed by atoms with E-state index in [1.165, 1.54) is 55.4 Å². The molecule has 0 fully saturated rings. The highest BCUT2D eigenvalue weighted by Crippen LogP contribution is 2.35. The number of nitrogens with zero attached hydrogens (tertiary/aromatic N) is 1. The van der Waals surface area contributed by atoms with Crippen LogP contribution in [0.2, 0.25) is 0 Å². The maximum absolute atomic E-state index is 11.7. The number of aryl methyl sites for hydroxylation is 2. The first kappa shape index (κ1) is 13.4. The van der Waals surface area contributed by atoms with E-state index in [-0.39, 0.29) is 5.97 Å². The van der Waals surface area contributed by atoms with Crippen LogP contribution in [0.15, 0.2) is 6.07 Å². The molecular weight excluding hydrogens is 272 g/mol. The standard InChI is InChI=1S/C15H18N2O2S/c1-19-15(18)13-12(16)10-8-9-6-4-2-3-5-7-11(9)17-14(10)20-13/h8H,2-7,16H2,1H3. The molecule has 0 aliphatic heterocycles. The molecule has 0 radical (unpaired) electrons. The number of rotatable bonds is 1. The quantitative estimate of drug-likeness (QED) is 0.818. The first-order valence-corrected chi connectivity index (χ1v) is 7.81. The van der Waals surface area contributed by atoms with Crippen molar-refractivity contribution < 1.29 is 9.53 Å². The second kappa shape index (κ2) is 5.40. The predicted molar refractivity (Wildman–Crippen MR) is 81.2 cm³/mol. The van der Waals surface area contributed by atoms with Crippen molar-refractivity contribution in [3.8, 4) is 0 Å². The first-order chi connectivity index (χ1) is 9.70. The molecule has 2 aromatic heterocycles. The van der Waals surface area contributed by atoms with Crippen LogP contribution in [-0.4, -0.2) is 18.1 Å². The van der Waals surface area contributed by atoms with Gasteiger partial charge < -0.3 is 10.5 Å². The molecule has 0 atom stereocenters. The lowest BCUT2D eigenvalue weighted by Gasteiger charge is -2.12. The summed E-state index contributed by atoms with van der Waals surface area (Å²) in [5.41, 5.74) is 9.06. The zero-order chi connectivity index (χ0) is 14.1. The SMILES string of the molecule is COC(=O)c1sc2nc3c(cc2c1N)CCCCCC3. The number of ether oxygens (including phenoxy) is 1. The van der Waals surface area contributed by atoms with Gasteiger partial charge in [0.15, 0.2) is 0 Å². The van der Waals surface area contributed by atoms with Crippen molar-refractivity contribution in [1.82, 2.24) is 4.98 Å². The van der Waals surface area contributed by atoms with Gasteiger partial charge in [0, 0.05) is 11.1 Å². The van der Waals surface area contributed by atoms with Crippen molar-refractivity contribution >= 4 is 33.2 Å². The average Bonchev–Trinajstić information content (AvgIpc) is 2.75. The van der Waals surface area contributed by atoms with Crippen LogP contribution in [0.5, 0.6) is 0 Å². The molecule has 3 rings (SSSR count). The van der Waals surface area contributed by atoms with Gasteiger partial charge in [-0.25, -0.2) is 9.78 Å². The van der Waals surface area contributed by atoms with Crippen molar-refractivity contribution in [3.05, 3.63) is 22.2 Å². The van der Waals surface area contributed by atoms with Gasteiger partial charge in [0.05, 0.1) is 12.8 Å². The van der Waals surface area contributed by atoms with Crippen molar-refractivity contribution in [2.45, 2.75) is 38.5 Å². The Kier molecular flexibility index (Phi) is 3.61. The fraction of sp³-hybridized carbons (Fsp3) is 0.467. The van der Waals surface area contributed by atoms with Crippen LogP contribution in [0.25, 0.3) is 10.2 Å². The maximum atomic E-state index is 11.7. The lowest BCUT2D eigenvalue weighted by atomic mass is 9.96. The topological polar surface area (TPSA) is 65.2 Å². The Balaban J connectivity index is 2.13. The third kappa shape index (κ3) is 2.26. The molecule has 20 heavy (non-hydrogen) atoms. The Morgan fingerprint density at radius 1 is 1.30 bits per heavy atom. The van der Waals surface area contributed by atoms with Crippen LogP contribution in [0.4, 0.5) is 5.69 Å². The van der Waals surface area contributed by atoms with E-state index in [0.29, 0.717) is 10.6 Å². The van der Waals surface area contributed by atoms with Gasteiger partial charge in [0.1, 0.15) is 9.71 Å². The number of anilines is 1. The van der Waals surface area contributed by atoms with Crippen molar-refractivity contribution in [3.63, 3.8) is 0 Å². The van der Waals surface area contributed by atoms with E-state index in [2.05, 4.69) is 6.07 Å². The minimum Gasteiger partial charge on any atom is -0.465 e. The molecule has 0 saturated heterocycles. The molecule has 1 aliphatic carbocycles. The molecule has 0 saturated carbocycles. The number of carbonyl (C=O) groups excluding carboxylic acids is 1. The summed E-state index contributed by atoms with van der Waals surface area (Å²) < 4.78 is 4.78. The normalized spacial score (nSPS) is 15.4. The van der Waals surface area contributed by atoms with E-state index in [1.807, 2.05) is 0 Å². The zero-order valence-corrected chi connectivity index (χ0v) is 12.4. The highest BCUT2D eigenvalue weighted by Gasteiger charge is 2.19. The smallest absolute Gasteiger partial charge is 0.350 e. The molecule has 1 aliphatic rings. The molecular formula is C15H18N2O2S. The third-order valence-electron chi connectivity index (χ3n) is 3.87. The Hall–Kier alpha value is -1.62. The highest BCUT2D eigenvalue weighted by molar-refractivity contribution is 7.21. The number of methoxy groups -OCH3 is 1. The molecule has 2 aromatic rings. The largest absolute Gasteiger partial charge is 0.465 e. The van der Waals surface area contributed by atoms with Crippen LogP contribution in [-0.2, 0) is 17.6 Å². The van der Waals surface area contributed by atoms with E-state index < -0.39 is 0 Å². The monoisotopic (exact) mass is 290 g/mol. The number of carbonyl (C=O) groups is 1. The number of esters is 1. The van der Waals surface area contributed by atoms with Gasteiger partial charge in [-0.1, -0.05) is 12.8 Å². The number of fused-ring (bicyclic) bond motifs is 2. The van der Waals surface area contributed by atoms with E-state index in [0.717, 1.165) is 23.1 Å². The Morgan fingerprint density at radius 2 is 2.05 bits per heavy atom. The Morgan fingerprint density at radius 3 is 2.80 bits per heavy atom. The van der Waals surface area contributed by atoms with Crippen LogP contribution in [0.1, 0.15) is 46.6 Å². The molecule has 0 spiro atoms. The van der Waals surface area contributed by atoms with Gasteiger partial charge in [-0.3, -0.25) is 0 Å². The van der Waals surface area contributed by atoms with Gasteiger partial charge >= 0.3 is 5.97 Å². The number of nitrogens with two attached hydrogens (primary N) is 1. The minimum absolute atomic E-state index is 0.377.